The second-order valence-corrected chi connectivity index (χ2v) is 7.35. The molecule has 1 saturated heterocycles. The Balaban J connectivity index is 2.07. The number of aliphatic carboxylic acids is 1. The summed E-state index contributed by atoms with van der Waals surface area (Å²) >= 11 is 0. The molecule has 27 heavy (non-hydrogen) atoms. The summed E-state index contributed by atoms with van der Waals surface area (Å²) in [5.74, 6) is -1.12. The van der Waals surface area contributed by atoms with Gasteiger partial charge in [0, 0.05) is 44.8 Å². The number of hydrogen-bond donors (Lipinski definition) is 1. The Labute approximate surface area is 159 Å². The number of hydrogen-bond acceptors (Lipinski definition) is 4. The van der Waals surface area contributed by atoms with Crippen LogP contribution < -0.4 is 0 Å². The van der Waals surface area contributed by atoms with Gasteiger partial charge in [-0.3, -0.25) is 14.4 Å². The van der Waals surface area contributed by atoms with Crippen molar-refractivity contribution in [2.45, 2.75) is 45.4 Å². The standard InChI is InChI=1S/C20H28N2O5/c1-13(2)19(25)21(3)11-14-5-7-15(8-6-14)20(26)22-12-17(27-4)9-16(22)10-18(23)24/h5-8,13,16-17H,9-12H2,1-4H3,(H,23,24). The van der Waals surface area contributed by atoms with Gasteiger partial charge >= 0.3 is 5.97 Å². The van der Waals surface area contributed by atoms with Gasteiger partial charge in [-0.15, -0.1) is 0 Å². The predicted octanol–water partition coefficient (Wildman–Crippen LogP) is 2.01. The Morgan fingerprint density at radius 2 is 1.89 bits per heavy atom. The molecule has 0 spiro atoms. The fourth-order valence-corrected chi connectivity index (χ4v) is 3.40. The molecule has 0 radical (unpaired) electrons. The van der Waals surface area contributed by atoms with Gasteiger partial charge in [-0.25, -0.2) is 0 Å². The van der Waals surface area contributed by atoms with Crippen LogP contribution in [0, 0.1) is 5.92 Å². The minimum atomic E-state index is -0.928. The van der Waals surface area contributed by atoms with Crippen LogP contribution in [0.4, 0.5) is 0 Å². The summed E-state index contributed by atoms with van der Waals surface area (Å²) in [6.07, 6.45) is 0.286. The average molecular weight is 376 g/mol. The lowest BCUT2D eigenvalue weighted by Gasteiger charge is -2.23. The fourth-order valence-electron chi connectivity index (χ4n) is 3.40. The van der Waals surface area contributed by atoms with Crippen molar-refractivity contribution in [3.05, 3.63) is 35.4 Å². The van der Waals surface area contributed by atoms with E-state index in [1.807, 2.05) is 26.0 Å². The average Bonchev–Trinajstić information content (AvgIpc) is 3.03. The normalized spacial score (nSPS) is 19.4. The van der Waals surface area contributed by atoms with Crippen LogP contribution in [0.25, 0.3) is 0 Å². The molecule has 1 fully saturated rings. The van der Waals surface area contributed by atoms with Gasteiger partial charge in [0.25, 0.3) is 5.91 Å². The first-order chi connectivity index (χ1) is 12.7. The summed E-state index contributed by atoms with van der Waals surface area (Å²) in [6, 6.07) is 6.74. The van der Waals surface area contributed by atoms with E-state index < -0.39 is 5.97 Å². The molecular formula is C20H28N2O5. The minimum Gasteiger partial charge on any atom is -0.481 e. The van der Waals surface area contributed by atoms with Gasteiger partial charge in [-0.2, -0.15) is 0 Å². The number of nitrogens with zero attached hydrogens (tertiary/aromatic N) is 2. The maximum Gasteiger partial charge on any atom is 0.305 e. The van der Waals surface area contributed by atoms with Crippen molar-refractivity contribution in [2.24, 2.45) is 5.92 Å². The van der Waals surface area contributed by atoms with Crippen LogP contribution >= 0.6 is 0 Å². The number of ether oxygens (including phenoxy) is 1. The molecule has 2 atom stereocenters. The molecule has 1 aliphatic rings. The monoisotopic (exact) mass is 376 g/mol. The quantitative estimate of drug-likeness (QED) is 0.787. The number of amides is 2. The summed E-state index contributed by atoms with van der Waals surface area (Å²) in [6.45, 7) is 4.58. The van der Waals surface area contributed by atoms with E-state index in [-0.39, 0.29) is 36.3 Å². The van der Waals surface area contributed by atoms with Crippen molar-refractivity contribution in [2.75, 3.05) is 20.7 Å². The SMILES string of the molecule is COC1CC(CC(=O)O)N(C(=O)c2ccc(CN(C)C(=O)C(C)C)cc2)C1. The van der Waals surface area contributed by atoms with Gasteiger partial charge in [-0.1, -0.05) is 26.0 Å². The molecule has 2 rings (SSSR count). The van der Waals surface area contributed by atoms with Crippen molar-refractivity contribution < 1.29 is 24.2 Å². The Bertz CT molecular complexity index is 686. The van der Waals surface area contributed by atoms with Gasteiger partial charge in [0.2, 0.25) is 5.91 Å². The first kappa shape index (κ1) is 20.9. The summed E-state index contributed by atoms with van der Waals surface area (Å²) in [5.41, 5.74) is 1.44. The molecule has 1 heterocycles. The molecule has 0 saturated carbocycles. The van der Waals surface area contributed by atoms with E-state index in [1.54, 1.807) is 36.1 Å². The zero-order valence-electron chi connectivity index (χ0n) is 16.3. The molecule has 2 amide bonds. The van der Waals surface area contributed by atoms with Crippen molar-refractivity contribution >= 4 is 17.8 Å². The second-order valence-electron chi connectivity index (χ2n) is 7.35. The first-order valence-electron chi connectivity index (χ1n) is 9.12. The predicted molar refractivity (Wildman–Crippen MR) is 100 cm³/mol. The highest BCUT2D eigenvalue weighted by atomic mass is 16.5. The highest BCUT2D eigenvalue weighted by Crippen LogP contribution is 2.25. The number of carbonyl (C=O) groups excluding carboxylic acids is 2. The second kappa shape index (κ2) is 8.99. The van der Waals surface area contributed by atoms with Crippen molar-refractivity contribution in [3.63, 3.8) is 0 Å². The lowest BCUT2D eigenvalue weighted by molar-refractivity contribution is -0.138. The van der Waals surface area contributed by atoms with Gasteiger partial charge in [0.15, 0.2) is 0 Å². The summed E-state index contributed by atoms with van der Waals surface area (Å²) in [5, 5.41) is 9.10. The number of carbonyl (C=O) groups is 3. The van der Waals surface area contributed by atoms with Crippen LogP contribution in [-0.2, 0) is 20.9 Å². The number of carboxylic acids is 1. The number of benzene rings is 1. The molecule has 1 N–H and O–H groups in total. The highest BCUT2D eigenvalue weighted by molar-refractivity contribution is 5.95. The third kappa shape index (κ3) is 5.29. The van der Waals surface area contributed by atoms with E-state index in [4.69, 9.17) is 9.84 Å². The van der Waals surface area contributed by atoms with Crippen LogP contribution in [-0.4, -0.2) is 65.5 Å². The zero-order chi connectivity index (χ0) is 20.1. The number of methoxy groups -OCH3 is 1. The minimum absolute atomic E-state index is 0.0640. The summed E-state index contributed by atoms with van der Waals surface area (Å²) in [4.78, 5) is 39.2. The van der Waals surface area contributed by atoms with E-state index in [2.05, 4.69) is 0 Å². The van der Waals surface area contributed by atoms with E-state index in [9.17, 15) is 14.4 Å². The molecule has 0 aliphatic carbocycles. The molecule has 1 aromatic carbocycles. The molecule has 0 bridgehead atoms. The lowest BCUT2D eigenvalue weighted by Crippen LogP contribution is -2.37. The smallest absolute Gasteiger partial charge is 0.305 e. The molecule has 148 valence electrons. The van der Waals surface area contributed by atoms with Gasteiger partial charge in [-0.05, 0) is 24.1 Å². The molecule has 2 unspecified atom stereocenters. The number of rotatable bonds is 7. The maximum absolute atomic E-state index is 12.8. The largest absolute Gasteiger partial charge is 0.481 e. The summed E-state index contributed by atoms with van der Waals surface area (Å²) in [7, 11) is 3.33. The van der Waals surface area contributed by atoms with Gasteiger partial charge < -0.3 is 19.6 Å². The Morgan fingerprint density at radius 1 is 1.26 bits per heavy atom. The summed E-state index contributed by atoms with van der Waals surface area (Å²) < 4.78 is 5.32. The Hall–Kier alpha value is -2.41. The van der Waals surface area contributed by atoms with Crippen LogP contribution in [0.2, 0.25) is 0 Å². The Kier molecular flexibility index (Phi) is 6.96. The molecule has 7 nitrogen and oxygen atoms in total. The number of carboxylic acid groups (broad SMARTS) is 1. The van der Waals surface area contributed by atoms with Crippen molar-refractivity contribution in [1.82, 2.24) is 9.80 Å². The van der Waals surface area contributed by atoms with E-state index in [0.29, 0.717) is 25.1 Å². The van der Waals surface area contributed by atoms with E-state index >= 15 is 0 Å². The third-order valence-corrected chi connectivity index (χ3v) is 4.87. The van der Waals surface area contributed by atoms with Gasteiger partial charge in [0.1, 0.15) is 0 Å². The Morgan fingerprint density at radius 3 is 2.41 bits per heavy atom. The third-order valence-electron chi connectivity index (χ3n) is 4.87. The highest BCUT2D eigenvalue weighted by Gasteiger charge is 2.36. The molecule has 7 heteroatoms. The van der Waals surface area contributed by atoms with Crippen LogP contribution in [0.3, 0.4) is 0 Å². The van der Waals surface area contributed by atoms with Crippen molar-refractivity contribution in [3.8, 4) is 0 Å². The van der Waals surface area contributed by atoms with E-state index in [1.165, 1.54) is 0 Å². The molecule has 0 aromatic heterocycles. The topological polar surface area (TPSA) is 87.2 Å². The first-order valence-corrected chi connectivity index (χ1v) is 9.12. The number of likely N-dealkylation sites (tertiary alicyclic amines) is 1. The molecule has 1 aliphatic heterocycles. The van der Waals surface area contributed by atoms with Crippen molar-refractivity contribution in [1.29, 1.82) is 0 Å². The fraction of sp³-hybridized carbons (Fsp3) is 0.550. The van der Waals surface area contributed by atoms with Gasteiger partial charge in [0.05, 0.1) is 12.5 Å². The maximum atomic E-state index is 12.8. The van der Waals surface area contributed by atoms with Crippen LogP contribution in [0.15, 0.2) is 24.3 Å². The van der Waals surface area contributed by atoms with E-state index in [0.717, 1.165) is 5.56 Å². The van der Waals surface area contributed by atoms with Crippen LogP contribution in [0.5, 0.6) is 0 Å². The van der Waals surface area contributed by atoms with Crippen LogP contribution in [0.1, 0.15) is 42.6 Å². The molecule has 1 aromatic rings. The zero-order valence-corrected chi connectivity index (χ0v) is 16.3. The molecular weight excluding hydrogens is 348 g/mol. The lowest BCUT2D eigenvalue weighted by atomic mass is 10.1.